The molecule has 7 nitrogen and oxygen atoms in total. The molecule has 0 spiro atoms. The molecule has 24 heavy (non-hydrogen) atoms. The zero-order valence-electron chi connectivity index (χ0n) is 12.7. The van der Waals surface area contributed by atoms with Gasteiger partial charge in [-0.25, -0.2) is 4.79 Å². The lowest BCUT2D eigenvalue weighted by molar-refractivity contribution is -0.385. The SMILES string of the molecule is Cc1cccc(C(=O)O)c1.O=[N+]([O-])c1ccc2cccnc2c1O. The number of aromatic hydroxyl groups is 1. The molecule has 0 saturated carbocycles. The predicted octanol–water partition coefficient (Wildman–Crippen LogP) is 3.54. The van der Waals surface area contributed by atoms with Crippen LogP contribution in [0.5, 0.6) is 5.75 Å². The first-order chi connectivity index (χ1) is 11.4. The maximum absolute atomic E-state index is 10.5. The second-order valence-electron chi connectivity index (χ2n) is 4.94. The highest BCUT2D eigenvalue weighted by molar-refractivity contribution is 5.88. The van der Waals surface area contributed by atoms with Gasteiger partial charge in [-0.1, -0.05) is 23.8 Å². The summed E-state index contributed by atoms with van der Waals surface area (Å²) in [5, 5.41) is 29.2. The fraction of sp³-hybridized carbons (Fsp3) is 0.0588. The van der Waals surface area contributed by atoms with Crippen LogP contribution in [0.2, 0.25) is 0 Å². The van der Waals surface area contributed by atoms with Crippen molar-refractivity contribution in [3.05, 3.63) is 76.0 Å². The summed E-state index contributed by atoms with van der Waals surface area (Å²) in [5.74, 6) is -1.25. The summed E-state index contributed by atoms with van der Waals surface area (Å²) in [6, 6.07) is 13.1. The largest absolute Gasteiger partial charge is 0.501 e. The molecule has 0 unspecified atom stereocenters. The van der Waals surface area contributed by atoms with Gasteiger partial charge >= 0.3 is 11.7 Å². The standard InChI is InChI=1S/C9H6N2O3.C8H8O2/c12-9-7(11(13)14)4-3-6-2-1-5-10-8(6)9;1-6-3-2-4-7(5-6)8(9)10/h1-5,12H;2-5H,1H3,(H,9,10). The van der Waals surface area contributed by atoms with Gasteiger partial charge in [-0.05, 0) is 31.2 Å². The van der Waals surface area contributed by atoms with E-state index < -0.39 is 10.9 Å². The van der Waals surface area contributed by atoms with Crippen molar-refractivity contribution in [1.82, 2.24) is 4.98 Å². The molecule has 2 aromatic carbocycles. The number of hydrogen-bond acceptors (Lipinski definition) is 5. The lowest BCUT2D eigenvalue weighted by atomic mass is 10.1. The van der Waals surface area contributed by atoms with Crippen molar-refractivity contribution in [2.45, 2.75) is 6.92 Å². The Bertz CT molecular complexity index is 908. The molecule has 2 N–H and O–H groups in total. The third-order valence-electron chi connectivity index (χ3n) is 3.19. The van der Waals surface area contributed by atoms with Crippen LogP contribution in [0.1, 0.15) is 15.9 Å². The molecule has 0 bridgehead atoms. The minimum Gasteiger partial charge on any atom is -0.501 e. The number of aromatic nitrogens is 1. The van der Waals surface area contributed by atoms with Gasteiger partial charge < -0.3 is 10.2 Å². The van der Waals surface area contributed by atoms with Crippen molar-refractivity contribution in [2.75, 3.05) is 0 Å². The number of phenolic OH excluding ortho intramolecular Hbond substituents is 1. The van der Waals surface area contributed by atoms with Gasteiger partial charge in [-0.3, -0.25) is 15.1 Å². The molecule has 1 aromatic heterocycles. The summed E-state index contributed by atoms with van der Waals surface area (Å²) in [4.78, 5) is 24.1. The van der Waals surface area contributed by atoms with Gasteiger partial charge in [0.15, 0.2) is 0 Å². The number of carboxylic acids is 1. The molecule has 122 valence electrons. The first-order valence-electron chi connectivity index (χ1n) is 6.91. The Labute approximate surface area is 137 Å². The number of hydrogen-bond donors (Lipinski definition) is 2. The van der Waals surface area contributed by atoms with E-state index in [-0.39, 0.29) is 17.0 Å². The molecule has 1 heterocycles. The monoisotopic (exact) mass is 326 g/mol. The van der Waals surface area contributed by atoms with Crippen LogP contribution >= 0.6 is 0 Å². The van der Waals surface area contributed by atoms with E-state index in [0.29, 0.717) is 10.9 Å². The van der Waals surface area contributed by atoms with Gasteiger partial charge in [0.1, 0.15) is 5.52 Å². The number of rotatable bonds is 2. The number of nitrogens with zero attached hydrogens (tertiary/aromatic N) is 2. The molecule has 0 amide bonds. The molecular weight excluding hydrogens is 312 g/mol. The minimum atomic E-state index is -0.872. The van der Waals surface area contributed by atoms with E-state index in [9.17, 15) is 20.0 Å². The van der Waals surface area contributed by atoms with Crippen molar-refractivity contribution in [3.8, 4) is 5.75 Å². The summed E-state index contributed by atoms with van der Waals surface area (Å²) in [6.45, 7) is 1.87. The van der Waals surface area contributed by atoms with E-state index in [0.717, 1.165) is 5.56 Å². The van der Waals surface area contributed by atoms with E-state index in [1.165, 1.54) is 12.3 Å². The van der Waals surface area contributed by atoms with Gasteiger partial charge in [0.05, 0.1) is 10.5 Å². The van der Waals surface area contributed by atoms with Crippen LogP contribution in [0.15, 0.2) is 54.7 Å². The number of aromatic carboxylic acids is 1. The van der Waals surface area contributed by atoms with Gasteiger partial charge in [0.2, 0.25) is 5.75 Å². The molecule has 0 saturated heterocycles. The van der Waals surface area contributed by atoms with E-state index in [2.05, 4.69) is 4.98 Å². The Kier molecular flexibility index (Phi) is 5.06. The van der Waals surface area contributed by atoms with Crippen molar-refractivity contribution in [1.29, 1.82) is 0 Å². The minimum absolute atomic E-state index is 0.252. The van der Waals surface area contributed by atoms with Gasteiger partial charge in [-0.15, -0.1) is 0 Å². The zero-order chi connectivity index (χ0) is 17.7. The van der Waals surface area contributed by atoms with E-state index in [1.54, 1.807) is 36.4 Å². The first kappa shape index (κ1) is 16.9. The molecular formula is C17H14N2O5. The van der Waals surface area contributed by atoms with E-state index in [1.807, 2.05) is 13.0 Å². The lowest BCUT2D eigenvalue weighted by Crippen LogP contribution is -1.95. The summed E-state index contributed by atoms with van der Waals surface area (Å²) in [7, 11) is 0. The maximum Gasteiger partial charge on any atom is 0.335 e. The quantitative estimate of drug-likeness (QED) is 0.550. The second kappa shape index (κ2) is 7.19. The van der Waals surface area contributed by atoms with Crippen LogP contribution in [0.4, 0.5) is 5.69 Å². The Balaban J connectivity index is 0.000000185. The van der Waals surface area contributed by atoms with Crippen molar-refractivity contribution in [3.63, 3.8) is 0 Å². The van der Waals surface area contributed by atoms with Crippen molar-refractivity contribution >= 4 is 22.6 Å². The highest BCUT2D eigenvalue weighted by Crippen LogP contribution is 2.32. The smallest absolute Gasteiger partial charge is 0.335 e. The zero-order valence-corrected chi connectivity index (χ0v) is 12.7. The average molecular weight is 326 g/mol. The van der Waals surface area contributed by atoms with Gasteiger partial charge in [0, 0.05) is 17.6 Å². The molecule has 0 fully saturated rings. The van der Waals surface area contributed by atoms with Crippen molar-refractivity contribution in [2.24, 2.45) is 0 Å². The molecule has 0 aliphatic carbocycles. The number of carboxylic acid groups (broad SMARTS) is 1. The number of pyridine rings is 1. The molecule has 0 atom stereocenters. The molecule has 0 radical (unpaired) electrons. The van der Waals surface area contributed by atoms with Crippen LogP contribution in [-0.4, -0.2) is 26.1 Å². The van der Waals surface area contributed by atoms with Crippen LogP contribution in [-0.2, 0) is 0 Å². The van der Waals surface area contributed by atoms with Crippen molar-refractivity contribution < 1.29 is 19.9 Å². The molecule has 0 aliphatic heterocycles. The summed E-state index contributed by atoms with van der Waals surface area (Å²) in [6.07, 6.45) is 1.48. The average Bonchev–Trinajstić information content (AvgIpc) is 2.55. The van der Waals surface area contributed by atoms with E-state index in [4.69, 9.17) is 5.11 Å². The number of benzene rings is 2. The number of nitro benzene ring substituents is 1. The number of aryl methyl sites for hydroxylation is 1. The molecule has 3 rings (SSSR count). The second-order valence-corrected chi connectivity index (χ2v) is 4.94. The highest BCUT2D eigenvalue weighted by atomic mass is 16.6. The fourth-order valence-corrected chi connectivity index (χ4v) is 2.04. The number of phenols is 1. The highest BCUT2D eigenvalue weighted by Gasteiger charge is 2.15. The summed E-state index contributed by atoms with van der Waals surface area (Å²) < 4.78 is 0. The van der Waals surface area contributed by atoms with Crippen LogP contribution < -0.4 is 0 Å². The fourth-order valence-electron chi connectivity index (χ4n) is 2.04. The maximum atomic E-state index is 10.5. The van der Waals surface area contributed by atoms with Crippen LogP contribution in [0.3, 0.4) is 0 Å². The Morgan fingerprint density at radius 1 is 1.17 bits per heavy atom. The third kappa shape index (κ3) is 3.83. The summed E-state index contributed by atoms with van der Waals surface area (Å²) >= 11 is 0. The number of nitro groups is 1. The number of fused-ring (bicyclic) bond motifs is 1. The molecule has 0 aliphatic rings. The topological polar surface area (TPSA) is 114 Å². The molecule has 3 aromatic rings. The van der Waals surface area contributed by atoms with Gasteiger partial charge in [0.25, 0.3) is 0 Å². The van der Waals surface area contributed by atoms with E-state index >= 15 is 0 Å². The Hall–Kier alpha value is -3.48. The normalized spacial score (nSPS) is 9.88. The first-order valence-corrected chi connectivity index (χ1v) is 6.91. The van der Waals surface area contributed by atoms with Crippen LogP contribution in [0.25, 0.3) is 10.9 Å². The molecule has 7 heteroatoms. The Morgan fingerprint density at radius 3 is 2.50 bits per heavy atom. The third-order valence-corrected chi connectivity index (χ3v) is 3.19. The Morgan fingerprint density at radius 2 is 1.92 bits per heavy atom. The number of carbonyl (C=O) groups is 1. The summed E-state index contributed by atoms with van der Waals surface area (Å²) in [5.41, 5.74) is 1.25. The van der Waals surface area contributed by atoms with Crippen LogP contribution in [0, 0.1) is 17.0 Å². The van der Waals surface area contributed by atoms with Gasteiger partial charge in [-0.2, -0.15) is 0 Å². The lowest BCUT2D eigenvalue weighted by Gasteiger charge is -1.99. The predicted molar refractivity (Wildman–Crippen MR) is 88.2 cm³/mol.